The largest absolute Gasteiger partial charge is 0.322 e. The second-order valence-corrected chi connectivity index (χ2v) is 7.08. The average molecular weight is 301 g/mol. The molecule has 1 aromatic heterocycles. The third-order valence-corrected chi connectivity index (χ3v) is 4.51. The minimum absolute atomic E-state index is 0.0158. The van der Waals surface area contributed by atoms with Gasteiger partial charge in [-0.2, -0.15) is 0 Å². The maximum atomic E-state index is 12.4. The fourth-order valence-electron chi connectivity index (χ4n) is 2.68. The molecule has 0 aliphatic heterocycles. The van der Waals surface area contributed by atoms with Gasteiger partial charge in [0.1, 0.15) is 0 Å². The number of aryl methyl sites for hydroxylation is 1. The molecule has 0 fully saturated rings. The monoisotopic (exact) mass is 301 g/mol. The van der Waals surface area contributed by atoms with Crippen LogP contribution in [-0.4, -0.2) is 5.91 Å². The molecule has 1 heterocycles. The van der Waals surface area contributed by atoms with Crippen LogP contribution in [0.5, 0.6) is 0 Å². The molecular weight excluding hydrogens is 278 g/mol. The standard InChI is InChI=1S/C18H23NOS/c1-12(2)11-13(3)15-7-5-6-8-17(15)19-18(20)16-9-10-21-14(16)4/h5-10,12-13H,11H2,1-4H3,(H,19,20). The Kier molecular flexibility index (Phi) is 5.18. The first kappa shape index (κ1) is 15.8. The Morgan fingerprint density at radius 3 is 2.52 bits per heavy atom. The van der Waals surface area contributed by atoms with Crippen LogP contribution in [0.4, 0.5) is 5.69 Å². The van der Waals surface area contributed by atoms with Gasteiger partial charge in [-0.1, -0.05) is 39.0 Å². The Morgan fingerprint density at radius 2 is 1.90 bits per heavy atom. The van der Waals surface area contributed by atoms with Gasteiger partial charge in [-0.25, -0.2) is 0 Å². The highest BCUT2D eigenvalue weighted by Gasteiger charge is 2.15. The summed E-state index contributed by atoms with van der Waals surface area (Å²) in [6.07, 6.45) is 1.12. The van der Waals surface area contributed by atoms with Crippen LogP contribution in [0.2, 0.25) is 0 Å². The molecule has 2 aromatic rings. The van der Waals surface area contributed by atoms with Gasteiger partial charge in [0.25, 0.3) is 5.91 Å². The van der Waals surface area contributed by atoms with Crippen LogP contribution < -0.4 is 5.32 Å². The lowest BCUT2D eigenvalue weighted by molar-refractivity contribution is 0.102. The number of carbonyl (C=O) groups excluding carboxylic acids is 1. The molecule has 1 atom stereocenters. The van der Waals surface area contributed by atoms with Crippen LogP contribution in [0.3, 0.4) is 0 Å². The van der Waals surface area contributed by atoms with Crippen LogP contribution in [0, 0.1) is 12.8 Å². The molecule has 0 spiro atoms. The molecule has 0 saturated heterocycles. The highest BCUT2D eigenvalue weighted by molar-refractivity contribution is 7.10. The zero-order valence-electron chi connectivity index (χ0n) is 13.1. The van der Waals surface area contributed by atoms with E-state index < -0.39 is 0 Å². The van der Waals surface area contributed by atoms with E-state index in [0.717, 1.165) is 22.5 Å². The summed E-state index contributed by atoms with van der Waals surface area (Å²) in [4.78, 5) is 13.4. The van der Waals surface area contributed by atoms with Gasteiger partial charge in [0.2, 0.25) is 0 Å². The van der Waals surface area contributed by atoms with Gasteiger partial charge < -0.3 is 5.32 Å². The van der Waals surface area contributed by atoms with Crippen LogP contribution in [0.1, 0.15) is 53.9 Å². The van der Waals surface area contributed by atoms with E-state index >= 15 is 0 Å². The van der Waals surface area contributed by atoms with E-state index in [1.807, 2.05) is 36.6 Å². The fourth-order valence-corrected chi connectivity index (χ4v) is 3.38. The lowest BCUT2D eigenvalue weighted by Crippen LogP contribution is -2.14. The minimum atomic E-state index is -0.0158. The third-order valence-electron chi connectivity index (χ3n) is 3.67. The fraction of sp³-hybridized carbons (Fsp3) is 0.389. The van der Waals surface area contributed by atoms with Gasteiger partial charge in [0.05, 0.1) is 5.56 Å². The van der Waals surface area contributed by atoms with E-state index in [4.69, 9.17) is 0 Å². The Morgan fingerprint density at radius 1 is 1.19 bits per heavy atom. The Hall–Kier alpha value is -1.61. The van der Waals surface area contributed by atoms with Crippen LogP contribution in [0.15, 0.2) is 35.7 Å². The van der Waals surface area contributed by atoms with Crippen LogP contribution in [-0.2, 0) is 0 Å². The van der Waals surface area contributed by atoms with Crippen LogP contribution in [0.25, 0.3) is 0 Å². The second kappa shape index (κ2) is 6.90. The van der Waals surface area contributed by atoms with Crippen molar-refractivity contribution in [3.8, 4) is 0 Å². The van der Waals surface area contributed by atoms with Crippen molar-refractivity contribution < 1.29 is 4.79 Å². The number of rotatable bonds is 5. The van der Waals surface area contributed by atoms with E-state index in [9.17, 15) is 4.79 Å². The second-order valence-electron chi connectivity index (χ2n) is 5.96. The minimum Gasteiger partial charge on any atom is -0.322 e. The first-order chi connectivity index (χ1) is 9.99. The van der Waals surface area contributed by atoms with Crippen molar-refractivity contribution >= 4 is 22.9 Å². The molecule has 0 aliphatic rings. The van der Waals surface area contributed by atoms with Gasteiger partial charge in [0, 0.05) is 10.6 Å². The summed E-state index contributed by atoms with van der Waals surface area (Å²) >= 11 is 1.60. The van der Waals surface area contributed by atoms with Crippen LogP contribution >= 0.6 is 11.3 Å². The molecule has 2 rings (SSSR count). The maximum Gasteiger partial charge on any atom is 0.256 e. The Labute approximate surface area is 131 Å². The molecule has 0 radical (unpaired) electrons. The zero-order valence-corrected chi connectivity index (χ0v) is 14.0. The summed E-state index contributed by atoms with van der Waals surface area (Å²) in [6, 6.07) is 10.0. The average Bonchev–Trinajstić information content (AvgIpc) is 2.84. The molecule has 21 heavy (non-hydrogen) atoms. The molecule has 1 amide bonds. The number of amides is 1. The quantitative estimate of drug-likeness (QED) is 0.780. The number of hydrogen-bond donors (Lipinski definition) is 1. The number of carbonyl (C=O) groups is 1. The smallest absolute Gasteiger partial charge is 0.256 e. The summed E-state index contributed by atoms with van der Waals surface area (Å²) in [6.45, 7) is 8.66. The van der Waals surface area contributed by atoms with Crippen molar-refractivity contribution in [3.05, 3.63) is 51.7 Å². The van der Waals surface area contributed by atoms with Gasteiger partial charge in [0.15, 0.2) is 0 Å². The normalized spacial score (nSPS) is 12.4. The van der Waals surface area contributed by atoms with E-state index in [1.54, 1.807) is 11.3 Å². The summed E-state index contributed by atoms with van der Waals surface area (Å²) in [7, 11) is 0. The summed E-state index contributed by atoms with van der Waals surface area (Å²) in [5.41, 5.74) is 2.92. The lowest BCUT2D eigenvalue weighted by atomic mass is 9.91. The molecule has 0 bridgehead atoms. The molecule has 1 unspecified atom stereocenters. The maximum absolute atomic E-state index is 12.4. The number of hydrogen-bond acceptors (Lipinski definition) is 2. The number of anilines is 1. The van der Waals surface area contributed by atoms with Crippen molar-refractivity contribution in [2.45, 2.75) is 40.0 Å². The predicted molar refractivity (Wildman–Crippen MR) is 91.3 cm³/mol. The van der Waals surface area contributed by atoms with Crippen molar-refractivity contribution in [1.29, 1.82) is 0 Å². The number of nitrogens with one attached hydrogen (secondary N) is 1. The van der Waals surface area contributed by atoms with E-state index in [-0.39, 0.29) is 5.91 Å². The van der Waals surface area contributed by atoms with Crippen molar-refractivity contribution in [2.75, 3.05) is 5.32 Å². The molecular formula is C18H23NOS. The van der Waals surface area contributed by atoms with Gasteiger partial charge in [-0.05, 0) is 48.3 Å². The summed E-state index contributed by atoms with van der Waals surface area (Å²) in [5, 5.41) is 5.03. The Balaban J connectivity index is 2.21. The summed E-state index contributed by atoms with van der Waals surface area (Å²) < 4.78 is 0. The van der Waals surface area contributed by atoms with Crippen molar-refractivity contribution in [2.24, 2.45) is 5.92 Å². The highest BCUT2D eigenvalue weighted by atomic mass is 32.1. The van der Waals surface area contributed by atoms with Gasteiger partial charge in [-0.15, -0.1) is 11.3 Å². The van der Waals surface area contributed by atoms with Gasteiger partial charge in [-0.3, -0.25) is 4.79 Å². The summed E-state index contributed by atoms with van der Waals surface area (Å²) in [5.74, 6) is 1.06. The molecule has 3 heteroatoms. The van der Waals surface area contributed by atoms with E-state index in [1.165, 1.54) is 5.56 Å². The third kappa shape index (κ3) is 3.94. The SMILES string of the molecule is Cc1sccc1C(=O)Nc1ccccc1C(C)CC(C)C. The molecule has 2 nitrogen and oxygen atoms in total. The number of thiophene rings is 1. The number of para-hydroxylation sites is 1. The van der Waals surface area contributed by atoms with Crippen molar-refractivity contribution in [3.63, 3.8) is 0 Å². The number of benzene rings is 1. The highest BCUT2D eigenvalue weighted by Crippen LogP contribution is 2.30. The molecule has 0 aliphatic carbocycles. The molecule has 1 aromatic carbocycles. The molecule has 112 valence electrons. The predicted octanol–water partition coefficient (Wildman–Crippen LogP) is 5.46. The topological polar surface area (TPSA) is 29.1 Å². The van der Waals surface area contributed by atoms with E-state index in [0.29, 0.717) is 11.8 Å². The van der Waals surface area contributed by atoms with E-state index in [2.05, 4.69) is 32.2 Å². The molecule has 0 saturated carbocycles. The first-order valence-electron chi connectivity index (χ1n) is 7.43. The molecule has 1 N–H and O–H groups in total. The van der Waals surface area contributed by atoms with Crippen molar-refractivity contribution in [1.82, 2.24) is 0 Å². The zero-order chi connectivity index (χ0) is 15.4. The van der Waals surface area contributed by atoms with Gasteiger partial charge >= 0.3 is 0 Å². The lowest BCUT2D eigenvalue weighted by Gasteiger charge is -2.18. The Bertz CT molecular complexity index is 615. The first-order valence-corrected chi connectivity index (χ1v) is 8.31.